The Morgan fingerprint density at radius 1 is 1.47 bits per heavy atom. The first kappa shape index (κ1) is 10.1. The molecule has 0 amide bonds. The van der Waals surface area contributed by atoms with Crippen molar-refractivity contribution in [3.05, 3.63) is 40.7 Å². The Hall–Kier alpha value is -1.42. The van der Waals surface area contributed by atoms with Crippen molar-refractivity contribution in [2.24, 2.45) is 0 Å². The van der Waals surface area contributed by atoms with Crippen LogP contribution in [0.15, 0.2) is 39.4 Å². The quantitative estimate of drug-likeness (QED) is 0.783. The minimum atomic E-state index is -0.0972. The lowest BCUT2D eigenvalue weighted by Gasteiger charge is -1.94. The summed E-state index contributed by atoms with van der Waals surface area (Å²) in [6.07, 6.45) is 1.37. The number of carbonyl (C=O) groups is 1. The van der Waals surface area contributed by atoms with Crippen LogP contribution in [0, 0.1) is 0 Å². The van der Waals surface area contributed by atoms with Crippen LogP contribution in [-0.4, -0.2) is 10.8 Å². The van der Waals surface area contributed by atoms with E-state index in [1.54, 1.807) is 0 Å². The van der Waals surface area contributed by atoms with Crippen LogP contribution in [0.1, 0.15) is 17.4 Å². The number of aromatic nitrogens is 1. The second kappa shape index (κ2) is 3.98. The fourth-order valence-electron chi connectivity index (χ4n) is 1.19. The number of benzene rings is 1. The Morgan fingerprint density at radius 2 is 2.27 bits per heavy atom. The minimum Gasteiger partial charge on any atom is -0.444 e. The molecule has 0 spiro atoms. The number of halogens is 1. The highest BCUT2D eigenvalue weighted by Crippen LogP contribution is 2.22. The van der Waals surface area contributed by atoms with Gasteiger partial charge in [-0.05, 0) is 18.2 Å². The van der Waals surface area contributed by atoms with Gasteiger partial charge in [-0.3, -0.25) is 4.79 Å². The van der Waals surface area contributed by atoms with E-state index in [0.29, 0.717) is 11.6 Å². The molecule has 0 aliphatic heterocycles. The number of rotatable bonds is 2. The molecule has 0 aliphatic carbocycles. The first-order valence-electron chi connectivity index (χ1n) is 4.39. The van der Waals surface area contributed by atoms with Crippen LogP contribution >= 0.6 is 15.9 Å². The van der Waals surface area contributed by atoms with Crippen molar-refractivity contribution >= 4 is 21.7 Å². The third-order valence-corrected chi connectivity index (χ3v) is 2.43. The Bertz CT molecular complexity index is 505. The fraction of sp³-hybridized carbons (Fsp3) is 0.0909. The SMILES string of the molecule is CC(=O)c1coc(-c2cccc(Br)c2)n1. The van der Waals surface area contributed by atoms with Gasteiger partial charge >= 0.3 is 0 Å². The van der Waals surface area contributed by atoms with Crippen LogP contribution in [0.3, 0.4) is 0 Å². The predicted molar refractivity (Wildman–Crippen MR) is 59.6 cm³/mol. The zero-order valence-corrected chi connectivity index (χ0v) is 9.61. The summed E-state index contributed by atoms with van der Waals surface area (Å²) in [6, 6.07) is 7.56. The number of Topliss-reactive ketones (excluding diaryl/α,β-unsaturated/α-hetero) is 1. The monoisotopic (exact) mass is 265 g/mol. The normalized spacial score (nSPS) is 10.3. The molecular weight excluding hydrogens is 258 g/mol. The maximum Gasteiger partial charge on any atom is 0.226 e. The Balaban J connectivity index is 2.41. The largest absolute Gasteiger partial charge is 0.444 e. The predicted octanol–water partition coefficient (Wildman–Crippen LogP) is 3.31. The van der Waals surface area contributed by atoms with E-state index in [0.717, 1.165) is 10.0 Å². The highest BCUT2D eigenvalue weighted by Gasteiger charge is 2.09. The van der Waals surface area contributed by atoms with E-state index in [2.05, 4.69) is 20.9 Å². The molecule has 1 heterocycles. The number of oxazole rings is 1. The van der Waals surface area contributed by atoms with Gasteiger partial charge in [-0.25, -0.2) is 4.98 Å². The highest BCUT2D eigenvalue weighted by molar-refractivity contribution is 9.10. The molecule has 3 nitrogen and oxygen atoms in total. The molecule has 0 N–H and O–H groups in total. The molecule has 0 saturated heterocycles. The van der Waals surface area contributed by atoms with Crippen molar-refractivity contribution in [2.45, 2.75) is 6.92 Å². The molecule has 0 unspecified atom stereocenters. The maximum absolute atomic E-state index is 11.0. The molecule has 0 saturated carbocycles. The van der Waals surface area contributed by atoms with Gasteiger partial charge in [0.1, 0.15) is 12.0 Å². The van der Waals surface area contributed by atoms with Gasteiger partial charge in [-0.15, -0.1) is 0 Å². The van der Waals surface area contributed by atoms with Crippen molar-refractivity contribution in [1.29, 1.82) is 0 Å². The summed E-state index contributed by atoms with van der Waals surface area (Å²) in [5.74, 6) is 0.362. The third kappa shape index (κ3) is 2.15. The summed E-state index contributed by atoms with van der Waals surface area (Å²) in [7, 11) is 0. The number of carbonyl (C=O) groups excluding carboxylic acids is 1. The summed E-state index contributed by atoms with van der Waals surface area (Å²) >= 11 is 3.36. The van der Waals surface area contributed by atoms with Crippen molar-refractivity contribution < 1.29 is 9.21 Å². The number of hydrogen-bond donors (Lipinski definition) is 0. The molecule has 0 radical (unpaired) electrons. The number of nitrogens with zero attached hydrogens (tertiary/aromatic N) is 1. The molecule has 0 bridgehead atoms. The van der Waals surface area contributed by atoms with Gasteiger partial charge in [-0.1, -0.05) is 22.0 Å². The van der Waals surface area contributed by atoms with E-state index in [9.17, 15) is 4.79 Å². The molecule has 0 fully saturated rings. The fourth-order valence-corrected chi connectivity index (χ4v) is 1.59. The Kier molecular flexibility index (Phi) is 2.68. The summed E-state index contributed by atoms with van der Waals surface area (Å²) in [4.78, 5) is 15.1. The van der Waals surface area contributed by atoms with Crippen LogP contribution in [0.25, 0.3) is 11.5 Å². The highest BCUT2D eigenvalue weighted by atomic mass is 79.9. The van der Waals surface area contributed by atoms with Crippen LogP contribution in [0.2, 0.25) is 0 Å². The molecule has 1 aromatic carbocycles. The summed E-state index contributed by atoms with van der Waals surface area (Å²) in [6.45, 7) is 1.46. The van der Waals surface area contributed by atoms with E-state index in [1.807, 2.05) is 24.3 Å². The van der Waals surface area contributed by atoms with Crippen LogP contribution < -0.4 is 0 Å². The van der Waals surface area contributed by atoms with E-state index >= 15 is 0 Å². The number of hydrogen-bond acceptors (Lipinski definition) is 3. The molecule has 1 aromatic heterocycles. The lowest BCUT2D eigenvalue weighted by Crippen LogP contribution is -1.91. The second-order valence-electron chi connectivity index (χ2n) is 3.10. The summed E-state index contributed by atoms with van der Waals surface area (Å²) < 4.78 is 6.16. The zero-order chi connectivity index (χ0) is 10.8. The molecule has 15 heavy (non-hydrogen) atoms. The van der Waals surface area contributed by atoms with Gasteiger partial charge in [0.15, 0.2) is 5.78 Å². The van der Waals surface area contributed by atoms with Gasteiger partial charge in [0.25, 0.3) is 0 Å². The molecule has 0 atom stereocenters. The minimum absolute atomic E-state index is 0.0972. The van der Waals surface area contributed by atoms with Crippen molar-refractivity contribution in [2.75, 3.05) is 0 Å². The summed E-state index contributed by atoms with van der Waals surface area (Å²) in [5, 5.41) is 0. The molecule has 0 aliphatic rings. The lowest BCUT2D eigenvalue weighted by molar-refractivity contribution is 0.101. The molecule has 2 rings (SSSR count). The van der Waals surface area contributed by atoms with E-state index in [1.165, 1.54) is 13.2 Å². The average Bonchev–Trinajstić information content (AvgIpc) is 2.66. The van der Waals surface area contributed by atoms with E-state index in [4.69, 9.17) is 4.42 Å². The van der Waals surface area contributed by atoms with Gasteiger partial charge < -0.3 is 4.42 Å². The molecule has 2 aromatic rings. The molecule has 76 valence electrons. The summed E-state index contributed by atoms with van der Waals surface area (Å²) in [5.41, 5.74) is 1.20. The first-order valence-corrected chi connectivity index (χ1v) is 5.18. The van der Waals surface area contributed by atoms with Crippen LogP contribution in [-0.2, 0) is 0 Å². The van der Waals surface area contributed by atoms with Gasteiger partial charge in [0, 0.05) is 17.0 Å². The molecular formula is C11H8BrNO2. The Morgan fingerprint density at radius 3 is 2.87 bits per heavy atom. The van der Waals surface area contributed by atoms with Gasteiger partial charge in [-0.2, -0.15) is 0 Å². The van der Waals surface area contributed by atoms with Crippen molar-refractivity contribution in [1.82, 2.24) is 4.98 Å². The van der Waals surface area contributed by atoms with Gasteiger partial charge in [0.2, 0.25) is 5.89 Å². The third-order valence-electron chi connectivity index (χ3n) is 1.94. The number of ketones is 1. The van der Waals surface area contributed by atoms with Gasteiger partial charge in [0.05, 0.1) is 0 Å². The van der Waals surface area contributed by atoms with Crippen LogP contribution in [0.4, 0.5) is 0 Å². The van der Waals surface area contributed by atoms with E-state index in [-0.39, 0.29) is 5.78 Å². The zero-order valence-electron chi connectivity index (χ0n) is 8.03. The molecule has 4 heteroatoms. The maximum atomic E-state index is 11.0. The van der Waals surface area contributed by atoms with E-state index < -0.39 is 0 Å². The lowest BCUT2D eigenvalue weighted by atomic mass is 10.2. The van der Waals surface area contributed by atoms with Crippen molar-refractivity contribution in [3.8, 4) is 11.5 Å². The van der Waals surface area contributed by atoms with Crippen molar-refractivity contribution in [3.63, 3.8) is 0 Å². The Labute approximate surface area is 95.3 Å². The van der Waals surface area contributed by atoms with Crippen LogP contribution in [0.5, 0.6) is 0 Å². The average molecular weight is 266 g/mol. The second-order valence-corrected chi connectivity index (χ2v) is 4.02. The smallest absolute Gasteiger partial charge is 0.226 e. The standard InChI is InChI=1S/C11H8BrNO2/c1-7(14)10-6-15-11(13-10)8-3-2-4-9(12)5-8/h2-6H,1H3. The topological polar surface area (TPSA) is 43.1 Å². The first-order chi connectivity index (χ1) is 7.16.